The Labute approximate surface area is 132 Å². The van der Waals surface area contributed by atoms with E-state index in [-0.39, 0.29) is 6.54 Å². The molecule has 2 aromatic carbocycles. The number of carbonyl (C=O) groups is 2. The Morgan fingerprint density at radius 1 is 1.17 bits per heavy atom. The zero-order valence-electron chi connectivity index (χ0n) is 12.1. The summed E-state index contributed by atoms with van der Waals surface area (Å²) in [6.07, 6.45) is -1.17. The van der Waals surface area contributed by atoms with Crippen LogP contribution in [0, 0.1) is 5.82 Å². The summed E-state index contributed by atoms with van der Waals surface area (Å²) < 4.78 is 13.8. The van der Waals surface area contributed by atoms with E-state index in [1.54, 1.807) is 30.3 Å². The van der Waals surface area contributed by atoms with Crippen molar-refractivity contribution in [1.82, 2.24) is 4.90 Å². The predicted molar refractivity (Wildman–Crippen MR) is 80.7 cm³/mol. The summed E-state index contributed by atoms with van der Waals surface area (Å²) in [6, 6.07) is 12.0. The molecule has 118 valence electrons. The summed E-state index contributed by atoms with van der Waals surface area (Å²) >= 11 is 0. The number of nitrogens with zero attached hydrogens (tertiary/aromatic N) is 1. The Morgan fingerprint density at radius 3 is 2.43 bits per heavy atom. The Morgan fingerprint density at radius 2 is 1.83 bits per heavy atom. The van der Waals surface area contributed by atoms with Crippen molar-refractivity contribution in [3.8, 4) is 0 Å². The molecule has 3 rings (SSSR count). The van der Waals surface area contributed by atoms with Crippen LogP contribution >= 0.6 is 0 Å². The fourth-order valence-electron chi connectivity index (χ4n) is 2.72. The monoisotopic (exact) mass is 314 g/mol. The van der Waals surface area contributed by atoms with Crippen LogP contribution in [0.5, 0.6) is 0 Å². The van der Waals surface area contributed by atoms with Crippen LogP contribution in [0.3, 0.4) is 0 Å². The molecule has 0 aromatic heterocycles. The van der Waals surface area contributed by atoms with E-state index in [2.05, 4.69) is 0 Å². The number of benzene rings is 2. The fourth-order valence-corrected chi connectivity index (χ4v) is 2.72. The van der Waals surface area contributed by atoms with Crippen molar-refractivity contribution in [2.45, 2.75) is 18.7 Å². The summed E-state index contributed by atoms with van der Waals surface area (Å²) in [5, 5.41) is 9.95. The number of aliphatic hydroxyl groups excluding tert-OH is 1. The first-order chi connectivity index (χ1) is 11.0. The average Bonchev–Trinajstić information content (AvgIpc) is 2.56. The number of likely N-dealkylation sites (tertiary alicyclic amines) is 1. The van der Waals surface area contributed by atoms with Gasteiger partial charge in [0.2, 0.25) is 5.91 Å². The number of nitrogens with two attached hydrogens (primary N) is 1. The summed E-state index contributed by atoms with van der Waals surface area (Å²) in [6.45, 7) is 0.0742. The standard InChI is InChI=1S/C17H15FN2O3/c18-13-4-2-1-3-12(13)9-20-14(15(21)17(20)23)10-5-7-11(8-6-10)16(19)22/h1-8,14-15,21H,9H2,(H2,19,22). The number of hydrogen-bond donors (Lipinski definition) is 2. The summed E-state index contributed by atoms with van der Waals surface area (Å²) in [5.74, 6) is -1.40. The first-order valence-corrected chi connectivity index (χ1v) is 7.11. The predicted octanol–water partition coefficient (Wildman–Crippen LogP) is 1.37. The van der Waals surface area contributed by atoms with Crippen molar-refractivity contribution in [3.63, 3.8) is 0 Å². The Kier molecular flexibility index (Phi) is 3.83. The van der Waals surface area contributed by atoms with E-state index >= 15 is 0 Å². The van der Waals surface area contributed by atoms with E-state index in [0.717, 1.165) is 0 Å². The van der Waals surface area contributed by atoms with Crippen molar-refractivity contribution in [1.29, 1.82) is 0 Å². The molecule has 2 unspecified atom stereocenters. The van der Waals surface area contributed by atoms with Gasteiger partial charge in [0, 0.05) is 17.7 Å². The molecule has 3 N–H and O–H groups in total. The van der Waals surface area contributed by atoms with Gasteiger partial charge in [-0.2, -0.15) is 0 Å². The molecule has 2 aromatic rings. The quantitative estimate of drug-likeness (QED) is 0.836. The molecule has 0 bridgehead atoms. The second-order valence-electron chi connectivity index (χ2n) is 5.43. The maximum atomic E-state index is 13.8. The van der Waals surface area contributed by atoms with E-state index in [4.69, 9.17) is 5.73 Å². The molecule has 23 heavy (non-hydrogen) atoms. The topological polar surface area (TPSA) is 83.6 Å². The van der Waals surface area contributed by atoms with Crippen molar-refractivity contribution in [2.24, 2.45) is 5.73 Å². The zero-order valence-corrected chi connectivity index (χ0v) is 12.1. The van der Waals surface area contributed by atoms with Gasteiger partial charge in [-0.15, -0.1) is 0 Å². The lowest BCUT2D eigenvalue weighted by atomic mass is 9.89. The molecule has 1 aliphatic heterocycles. The molecule has 2 atom stereocenters. The van der Waals surface area contributed by atoms with Crippen LogP contribution in [-0.2, 0) is 11.3 Å². The smallest absolute Gasteiger partial charge is 0.254 e. The third-order valence-corrected chi connectivity index (χ3v) is 4.01. The lowest BCUT2D eigenvalue weighted by Gasteiger charge is -2.45. The Bertz CT molecular complexity index is 761. The van der Waals surface area contributed by atoms with Gasteiger partial charge < -0.3 is 15.7 Å². The molecule has 0 spiro atoms. The first kappa shape index (κ1) is 15.2. The van der Waals surface area contributed by atoms with Gasteiger partial charge in [0.15, 0.2) is 6.10 Å². The molecular weight excluding hydrogens is 299 g/mol. The molecule has 1 heterocycles. The highest BCUT2D eigenvalue weighted by molar-refractivity contribution is 5.93. The van der Waals surface area contributed by atoms with Crippen LogP contribution in [0.4, 0.5) is 4.39 Å². The van der Waals surface area contributed by atoms with Gasteiger partial charge >= 0.3 is 0 Å². The lowest BCUT2D eigenvalue weighted by Crippen LogP contribution is -2.58. The largest absolute Gasteiger partial charge is 0.381 e. The summed E-state index contributed by atoms with van der Waals surface area (Å²) in [7, 11) is 0. The minimum Gasteiger partial charge on any atom is -0.381 e. The molecule has 0 radical (unpaired) electrons. The number of carbonyl (C=O) groups excluding carboxylic acids is 2. The molecule has 6 heteroatoms. The molecule has 5 nitrogen and oxygen atoms in total. The van der Waals surface area contributed by atoms with Crippen LogP contribution in [0.25, 0.3) is 0 Å². The van der Waals surface area contributed by atoms with E-state index < -0.39 is 29.8 Å². The average molecular weight is 314 g/mol. The molecule has 1 saturated heterocycles. The Hall–Kier alpha value is -2.73. The van der Waals surface area contributed by atoms with Gasteiger partial charge in [-0.05, 0) is 23.8 Å². The van der Waals surface area contributed by atoms with Crippen molar-refractivity contribution in [2.75, 3.05) is 0 Å². The number of amides is 2. The number of aliphatic hydroxyl groups is 1. The Balaban J connectivity index is 1.84. The number of halogens is 1. The number of rotatable bonds is 4. The number of β-lactam (4-membered cyclic amide) rings is 1. The van der Waals surface area contributed by atoms with E-state index in [0.29, 0.717) is 16.7 Å². The van der Waals surface area contributed by atoms with Crippen LogP contribution in [0.2, 0.25) is 0 Å². The van der Waals surface area contributed by atoms with Gasteiger partial charge in [0.1, 0.15) is 5.82 Å². The van der Waals surface area contributed by atoms with E-state index in [1.165, 1.54) is 23.1 Å². The molecule has 0 saturated carbocycles. The molecule has 0 aliphatic carbocycles. The van der Waals surface area contributed by atoms with Crippen molar-refractivity contribution >= 4 is 11.8 Å². The van der Waals surface area contributed by atoms with Crippen LogP contribution in [0.1, 0.15) is 27.5 Å². The molecular formula is C17H15FN2O3. The van der Waals surface area contributed by atoms with Crippen LogP contribution in [-0.4, -0.2) is 27.9 Å². The van der Waals surface area contributed by atoms with Crippen LogP contribution in [0.15, 0.2) is 48.5 Å². The van der Waals surface area contributed by atoms with Gasteiger partial charge in [-0.1, -0.05) is 30.3 Å². The lowest BCUT2D eigenvalue weighted by molar-refractivity contribution is -0.168. The number of hydrogen-bond acceptors (Lipinski definition) is 3. The minimum absolute atomic E-state index is 0.0742. The van der Waals surface area contributed by atoms with Crippen LogP contribution < -0.4 is 5.73 Å². The normalized spacial score (nSPS) is 20.3. The van der Waals surface area contributed by atoms with Gasteiger partial charge in [0.25, 0.3) is 5.91 Å². The minimum atomic E-state index is -1.17. The van der Waals surface area contributed by atoms with Crippen molar-refractivity contribution in [3.05, 3.63) is 71.0 Å². The maximum absolute atomic E-state index is 13.8. The second kappa shape index (κ2) is 5.81. The SMILES string of the molecule is NC(=O)c1ccc(C2C(O)C(=O)N2Cc2ccccc2F)cc1. The zero-order chi connectivity index (χ0) is 16.6. The third kappa shape index (κ3) is 2.68. The number of primary amides is 1. The first-order valence-electron chi connectivity index (χ1n) is 7.11. The fraction of sp³-hybridized carbons (Fsp3) is 0.176. The van der Waals surface area contributed by atoms with E-state index in [1.807, 2.05) is 0 Å². The van der Waals surface area contributed by atoms with Crippen molar-refractivity contribution < 1.29 is 19.1 Å². The van der Waals surface area contributed by atoms with E-state index in [9.17, 15) is 19.1 Å². The molecule has 1 fully saturated rings. The third-order valence-electron chi connectivity index (χ3n) is 4.01. The molecule has 2 amide bonds. The van der Waals surface area contributed by atoms with Gasteiger partial charge in [-0.25, -0.2) is 4.39 Å². The highest BCUT2D eigenvalue weighted by atomic mass is 19.1. The molecule has 1 aliphatic rings. The summed E-state index contributed by atoms with van der Waals surface area (Å²) in [5.41, 5.74) is 6.58. The maximum Gasteiger partial charge on any atom is 0.254 e. The van der Waals surface area contributed by atoms with Gasteiger partial charge in [-0.3, -0.25) is 9.59 Å². The highest BCUT2D eigenvalue weighted by Gasteiger charge is 2.47. The second-order valence-corrected chi connectivity index (χ2v) is 5.43. The van der Waals surface area contributed by atoms with Gasteiger partial charge in [0.05, 0.1) is 6.04 Å². The summed E-state index contributed by atoms with van der Waals surface area (Å²) in [4.78, 5) is 24.4. The highest BCUT2D eigenvalue weighted by Crippen LogP contribution is 2.36.